The largest absolute Gasteiger partial charge is 0.351 e. The summed E-state index contributed by atoms with van der Waals surface area (Å²) in [5.74, 6) is 0.115. The van der Waals surface area contributed by atoms with Crippen LogP contribution in [0, 0.1) is 5.92 Å². The van der Waals surface area contributed by atoms with Gasteiger partial charge in [-0.05, 0) is 17.5 Å². The minimum Gasteiger partial charge on any atom is -0.351 e. The van der Waals surface area contributed by atoms with E-state index in [4.69, 9.17) is 5.73 Å². The van der Waals surface area contributed by atoms with Crippen LogP contribution in [-0.2, 0) is 11.3 Å². The Labute approximate surface area is 123 Å². The summed E-state index contributed by atoms with van der Waals surface area (Å²) in [7, 11) is 0. The van der Waals surface area contributed by atoms with E-state index in [1.165, 1.54) is 0 Å². The molecule has 1 aromatic rings. The van der Waals surface area contributed by atoms with Crippen LogP contribution in [0.3, 0.4) is 0 Å². The molecule has 0 heterocycles. The van der Waals surface area contributed by atoms with Gasteiger partial charge in [-0.2, -0.15) is 0 Å². The molecule has 0 aliphatic carbocycles. The molecule has 0 aliphatic rings. The predicted octanol–water partition coefficient (Wildman–Crippen LogP) is 2.86. The zero-order chi connectivity index (χ0) is 12.8. The first-order chi connectivity index (χ1) is 8.06. The molecular formula is C13H20BrClN2O. The molecule has 0 aromatic heterocycles. The number of nitrogens with two attached hydrogens (primary N) is 1. The number of halogens is 2. The van der Waals surface area contributed by atoms with Crippen LogP contribution in [0.2, 0.25) is 0 Å². The number of benzene rings is 1. The average Bonchev–Trinajstić information content (AvgIpc) is 2.35. The van der Waals surface area contributed by atoms with Crippen molar-refractivity contribution in [2.24, 2.45) is 11.7 Å². The minimum absolute atomic E-state index is 0. The lowest BCUT2D eigenvalue weighted by Crippen LogP contribution is -2.44. The number of hydrogen-bond acceptors (Lipinski definition) is 2. The van der Waals surface area contributed by atoms with E-state index in [0.717, 1.165) is 16.5 Å². The smallest absolute Gasteiger partial charge is 0.237 e. The van der Waals surface area contributed by atoms with Gasteiger partial charge in [0.05, 0.1) is 6.04 Å². The van der Waals surface area contributed by atoms with Crippen LogP contribution in [0.25, 0.3) is 0 Å². The second kappa shape index (κ2) is 8.51. The number of hydrogen-bond donors (Lipinski definition) is 2. The summed E-state index contributed by atoms with van der Waals surface area (Å²) in [5, 5.41) is 2.86. The maximum absolute atomic E-state index is 11.8. The molecule has 102 valence electrons. The van der Waals surface area contributed by atoms with Gasteiger partial charge in [0.1, 0.15) is 0 Å². The van der Waals surface area contributed by atoms with Crippen molar-refractivity contribution < 1.29 is 4.79 Å². The average molecular weight is 336 g/mol. The Morgan fingerprint density at radius 3 is 2.61 bits per heavy atom. The maximum atomic E-state index is 11.8. The first-order valence-electron chi connectivity index (χ1n) is 5.83. The van der Waals surface area contributed by atoms with E-state index in [1.807, 2.05) is 38.1 Å². The molecule has 18 heavy (non-hydrogen) atoms. The summed E-state index contributed by atoms with van der Waals surface area (Å²) < 4.78 is 0.998. The monoisotopic (exact) mass is 334 g/mol. The van der Waals surface area contributed by atoms with Crippen LogP contribution in [0.1, 0.15) is 25.8 Å². The molecule has 0 bridgehead atoms. The van der Waals surface area contributed by atoms with Gasteiger partial charge in [0, 0.05) is 11.0 Å². The van der Waals surface area contributed by atoms with E-state index in [9.17, 15) is 4.79 Å². The standard InChI is InChI=1S/C13H19BrN2O.ClH/c1-3-9(2)12(15)13(17)16-8-10-6-4-5-7-11(10)14;/h4-7,9,12H,3,8,15H2,1-2H3,(H,16,17);1H. The van der Waals surface area contributed by atoms with E-state index in [2.05, 4.69) is 21.2 Å². The quantitative estimate of drug-likeness (QED) is 0.869. The Balaban J connectivity index is 0.00000289. The molecule has 2 atom stereocenters. The van der Waals surface area contributed by atoms with Gasteiger partial charge in [0.25, 0.3) is 0 Å². The van der Waals surface area contributed by atoms with Gasteiger partial charge in [-0.25, -0.2) is 0 Å². The normalized spacial score (nSPS) is 13.3. The molecule has 1 rings (SSSR count). The fourth-order valence-electron chi connectivity index (χ4n) is 1.45. The van der Waals surface area contributed by atoms with Crippen molar-refractivity contribution in [2.75, 3.05) is 0 Å². The zero-order valence-electron chi connectivity index (χ0n) is 10.7. The second-order valence-electron chi connectivity index (χ2n) is 4.22. The van der Waals surface area contributed by atoms with Crippen molar-refractivity contribution in [3.63, 3.8) is 0 Å². The molecule has 1 aromatic carbocycles. The van der Waals surface area contributed by atoms with E-state index < -0.39 is 6.04 Å². The minimum atomic E-state index is -0.428. The van der Waals surface area contributed by atoms with E-state index in [1.54, 1.807) is 0 Å². The molecule has 3 nitrogen and oxygen atoms in total. The van der Waals surface area contributed by atoms with E-state index in [0.29, 0.717) is 6.54 Å². The molecule has 1 amide bonds. The SMILES string of the molecule is CCC(C)C(N)C(=O)NCc1ccccc1Br.Cl. The highest BCUT2D eigenvalue weighted by molar-refractivity contribution is 9.10. The molecule has 0 radical (unpaired) electrons. The van der Waals surface area contributed by atoms with Crippen LogP contribution in [0.4, 0.5) is 0 Å². The highest BCUT2D eigenvalue weighted by Crippen LogP contribution is 2.15. The third-order valence-corrected chi connectivity index (χ3v) is 3.74. The number of carbonyl (C=O) groups is 1. The van der Waals surface area contributed by atoms with Crippen LogP contribution in [-0.4, -0.2) is 11.9 Å². The second-order valence-corrected chi connectivity index (χ2v) is 5.07. The molecule has 0 saturated carbocycles. The first-order valence-corrected chi connectivity index (χ1v) is 6.62. The molecule has 0 saturated heterocycles. The molecule has 0 aliphatic heterocycles. The summed E-state index contributed by atoms with van der Waals surface area (Å²) in [6.45, 7) is 4.53. The fraction of sp³-hybridized carbons (Fsp3) is 0.462. The van der Waals surface area contributed by atoms with Gasteiger partial charge in [0.15, 0.2) is 0 Å². The van der Waals surface area contributed by atoms with Crippen molar-refractivity contribution in [1.29, 1.82) is 0 Å². The van der Waals surface area contributed by atoms with Crippen LogP contribution in [0.5, 0.6) is 0 Å². The van der Waals surface area contributed by atoms with Crippen LogP contribution >= 0.6 is 28.3 Å². The van der Waals surface area contributed by atoms with E-state index in [-0.39, 0.29) is 24.2 Å². The number of carbonyl (C=O) groups excluding carboxylic acids is 1. The molecule has 0 spiro atoms. The van der Waals surface area contributed by atoms with Crippen LogP contribution < -0.4 is 11.1 Å². The van der Waals surface area contributed by atoms with Gasteiger partial charge < -0.3 is 11.1 Å². The lowest BCUT2D eigenvalue weighted by molar-refractivity contribution is -0.123. The third kappa shape index (κ3) is 4.96. The lowest BCUT2D eigenvalue weighted by Gasteiger charge is -2.17. The summed E-state index contributed by atoms with van der Waals surface area (Å²) in [4.78, 5) is 11.8. The van der Waals surface area contributed by atoms with Crippen molar-refractivity contribution in [3.05, 3.63) is 34.3 Å². The molecule has 5 heteroatoms. The Morgan fingerprint density at radius 2 is 2.06 bits per heavy atom. The Bertz CT molecular complexity index is 387. The number of amides is 1. The van der Waals surface area contributed by atoms with Crippen LogP contribution in [0.15, 0.2) is 28.7 Å². The Kier molecular flexibility index (Phi) is 8.24. The van der Waals surface area contributed by atoms with Crippen molar-refractivity contribution in [2.45, 2.75) is 32.9 Å². The highest BCUT2D eigenvalue weighted by Gasteiger charge is 2.18. The topological polar surface area (TPSA) is 55.1 Å². The fourth-order valence-corrected chi connectivity index (χ4v) is 1.88. The van der Waals surface area contributed by atoms with E-state index >= 15 is 0 Å². The number of rotatable bonds is 5. The Hall–Kier alpha value is -0.580. The Morgan fingerprint density at radius 1 is 1.44 bits per heavy atom. The molecule has 2 unspecified atom stereocenters. The zero-order valence-corrected chi connectivity index (χ0v) is 13.1. The molecule has 3 N–H and O–H groups in total. The lowest BCUT2D eigenvalue weighted by atomic mass is 9.99. The predicted molar refractivity (Wildman–Crippen MR) is 80.7 cm³/mol. The van der Waals surface area contributed by atoms with Crippen molar-refractivity contribution >= 4 is 34.2 Å². The van der Waals surface area contributed by atoms with Gasteiger partial charge in [-0.3, -0.25) is 4.79 Å². The van der Waals surface area contributed by atoms with Crippen molar-refractivity contribution in [3.8, 4) is 0 Å². The number of nitrogens with one attached hydrogen (secondary N) is 1. The summed E-state index contributed by atoms with van der Waals surface area (Å²) in [6.07, 6.45) is 0.906. The molecular weight excluding hydrogens is 316 g/mol. The van der Waals surface area contributed by atoms with Crippen molar-refractivity contribution in [1.82, 2.24) is 5.32 Å². The third-order valence-electron chi connectivity index (χ3n) is 2.97. The summed E-state index contributed by atoms with van der Waals surface area (Å²) in [5.41, 5.74) is 6.90. The highest BCUT2D eigenvalue weighted by atomic mass is 79.9. The maximum Gasteiger partial charge on any atom is 0.237 e. The first kappa shape index (κ1) is 17.4. The van der Waals surface area contributed by atoms with Gasteiger partial charge in [-0.15, -0.1) is 12.4 Å². The molecule has 0 fully saturated rings. The van der Waals surface area contributed by atoms with Gasteiger partial charge in [-0.1, -0.05) is 54.4 Å². The summed E-state index contributed by atoms with van der Waals surface area (Å²) in [6, 6.07) is 7.39. The summed E-state index contributed by atoms with van der Waals surface area (Å²) >= 11 is 3.44. The van der Waals surface area contributed by atoms with Gasteiger partial charge in [0.2, 0.25) is 5.91 Å². The van der Waals surface area contributed by atoms with Gasteiger partial charge >= 0.3 is 0 Å².